The number of hydrogen-bond donors (Lipinski definition) is 2. The van der Waals surface area contributed by atoms with E-state index in [1.807, 2.05) is 45.9 Å². The van der Waals surface area contributed by atoms with Gasteiger partial charge in [0.1, 0.15) is 0 Å². The summed E-state index contributed by atoms with van der Waals surface area (Å²) in [7, 11) is 0. The van der Waals surface area contributed by atoms with Gasteiger partial charge in [0.25, 0.3) is 5.91 Å². The Morgan fingerprint density at radius 2 is 1.82 bits per heavy atom. The number of amides is 1. The lowest BCUT2D eigenvalue weighted by Gasteiger charge is -2.20. The zero-order valence-electron chi connectivity index (χ0n) is 10.9. The minimum Gasteiger partial charge on any atom is -0.396 e. The molecule has 0 saturated carbocycles. The van der Waals surface area contributed by atoms with Gasteiger partial charge in [-0.05, 0) is 37.8 Å². The molecule has 0 fully saturated rings. The van der Waals surface area contributed by atoms with Gasteiger partial charge in [-0.25, -0.2) is 0 Å². The van der Waals surface area contributed by atoms with Crippen LogP contribution in [-0.4, -0.2) is 23.7 Å². The molecule has 0 bridgehead atoms. The number of carbonyl (C=O) groups is 1. The number of aryl methyl sites for hydroxylation is 2. The van der Waals surface area contributed by atoms with Gasteiger partial charge in [0.05, 0.1) is 0 Å². The molecule has 0 spiro atoms. The smallest absolute Gasteiger partial charge is 0.252 e. The van der Waals surface area contributed by atoms with Crippen LogP contribution in [0.1, 0.15) is 35.3 Å². The highest BCUT2D eigenvalue weighted by Gasteiger charge is 2.17. The van der Waals surface area contributed by atoms with Crippen molar-refractivity contribution in [1.82, 2.24) is 5.32 Å². The molecule has 0 saturated heterocycles. The van der Waals surface area contributed by atoms with Crippen LogP contribution in [0.5, 0.6) is 0 Å². The fraction of sp³-hybridized carbons (Fsp3) is 0.500. The predicted octanol–water partition coefficient (Wildman–Crippen LogP) is 2.05. The van der Waals surface area contributed by atoms with Crippen molar-refractivity contribution in [2.24, 2.45) is 5.92 Å². The first-order valence-corrected chi connectivity index (χ1v) is 5.95. The van der Waals surface area contributed by atoms with E-state index < -0.39 is 0 Å². The van der Waals surface area contributed by atoms with Crippen molar-refractivity contribution >= 4 is 5.91 Å². The molecule has 0 aliphatic heterocycles. The summed E-state index contributed by atoms with van der Waals surface area (Å²) in [5.41, 5.74) is 2.70. The van der Waals surface area contributed by atoms with Gasteiger partial charge in [0, 0.05) is 18.2 Å². The average Bonchev–Trinajstić information content (AvgIpc) is 2.27. The fourth-order valence-electron chi connectivity index (χ4n) is 1.75. The number of hydrogen-bond acceptors (Lipinski definition) is 2. The van der Waals surface area contributed by atoms with Crippen LogP contribution in [0, 0.1) is 19.8 Å². The summed E-state index contributed by atoms with van der Waals surface area (Å²) >= 11 is 0. The number of aliphatic hydroxyl groups excluding tert-OH is 1. The van der Waals surface area contributed by atoms with Gasteiger partial charge in [-0.1, -0.05) is 25.1 Å². The monoisotopic (exact) mass is 235 g/mol. The zero-order chi connectivity index (χ0) is 13.0. The molecule has 3 heteroatoms. The van der Waals surface area contributed by atoms with E-state index in [2.05, 4.69) is 5.32 Å². The van der Waals surface area contributed by atoms with Crippen molar-refractivity contribution < 1.29 is 9.90 Å². The van der Waals surface area contributed by atoms with Gasteiger partial charge in [-0.3, -0.25) is 4.79 Å². The highest BCUT2D eigenvalue weighted by molar-refractivity contribution is 5.97. The standard InChI is InChI=1S/C14H21NO2/c1-9-6-5-7-10(2)13(9)14(17)15-12(4)11(3)8-16/h5-7,11-12,16H,8H2,1-4H3,(H,15,17)/t11-,12+/m1/s1. The highest BCUT2D eigenvalue weighted by Crippen LogP contribution is 2.14. The quantitative estimate of drug-likeness (QED) is 0.839. The lowest BCUT2D eigenvalue weighted by Crippen LogP contribution is -2.38. The summed E-state index contributed by atoms with van der Waals surface area (Å²) in [6.07, 6.45) is 0. The summed E-state index contributed by atoms with van der Waals surface area (Å²) in [6, 6.07) is 5.78. The third kappa shape index (κ3) is 3.30. The van der Waals surface area contributed by atoms with Crippen LogP contribution in [0.3, 0.4) is 0 Å². The maximum Gasteiger partial charge on any atom is 0.252 e. The molecular formula is C14H21NO2. The highest BCUT2D eigenvalue weighted by atomic mass is 16.3. The number of rotatable bonds is 4. The van der Waals surface area contributed by atoms with E-state index in [9.17, 15) is 4.79 Å². The van der Waals surface area contributed by atoms with Crippen molar-refractivity contribution in [2.45, 2.75) is 33.7 Å². The third-order valence-electron chi connectivity index (χ3n) is 3.21. The molecule has 1 aromatic carbocycles. The SMILES string of the molecule is Cc1cccc(C)c1C(=O)N[C@@H](C)[C@H](C)CO. The van der Waals surface area contributed by atoms with Gasteiger partial charge in [-0.2, -0.15) is 0 Å². The Morgan fingerprint density at radius 1 is 1.29 bits per heavy atom. The van der Waals surface area contributed by atoms with Crippen molar-refractivity contribution in [2.75, 3.05) is 6.61 Å². The molecule has 1 amide bonds. The van der Waals surface area contributed by atoms with Crippen LogP contribution in [-0.2, 0) is 0 Å². The van der Waals surface area contributed by atoms with Gasteiger partial charge in [0.2, 0.25) is 0 Å². The first-order valence-electron chi connectivity index (χ1n) is 5.95. The maximum atomic E-state index is 12.1. The summed E-state index contributed by atoms with van der Waals surface area (Å²) in [6.45, 7) is 7.76. The minimum atomic E-state index is -0.0617. The summed E-state index contributed by atoms with van der Waals surface area (Å²) < 4.78 is 0. The number of benzene rings is 1. The van der Waals surface area contributed by atoms with Gasteiger partial charge in [-0.15, -0.1) is 0 Å². The van der Waals surface area contributed by atoms with E-state index in [1.165, 1.54) is 0 Å². The molecule has 3 nitrogen and oxygen atoms in total. The second-order valence-corrected chi connectivity index (χ2v) is 4.69. The van der Waals surface area contributed by atoms with Gasteiger partial charge < -0.3 is 10.4 Å². The molecule has 0 heterocycles. The maximum absolute atomic E-state index is 12.1. The summed E-state index contributed by atoms with van der Waals surface area (Å²) in [4.78, 5) is 12.1. The Bertz CT molecular complexity index is 381. The van der Waals surface area contributed by atoms with Crippen molar-refractivity contribution in [3.8, 4) is 0 Å². The van der Waals surface area contributed by atoms with Crippen molar-refractivity contribution in [1.29, 1.82) is 0 Å². The van der Waals surface area contributed by atoms with E-state index in [4.69, 9.17) is 5.11 Å². The largest absolute Gasteiger partial charge is 0.396 e. The molecular weight excluding hydrogens is 214 g/mol. The topological polar surface area (TPSA) is 49.3 Å². The molecule has 0 aromatic heterocycles. The van der Waals surface area contributed by atoms with Crippen LogP contribution < -0.4 is 5.32 Å². The van der Waals surface area contributed by atoms with Crippen LogP contribution in [0.4, 0.5) is 0 Å². The van der Waals surface area contributed by atoms with Crippen molar-refractivity contribution in [3.05, 3.63) is 34.9 Å². The Kier molecular flexibility index (Phi) is 4.70. The van der Waals surface area contributed by atoms with Crippen LogP contribution in [0.25, 0.3) is 0 Å². The first-order chi connectivity index (χ1) is 7.97. The van der Waals surface area contributed by atoms with Gasteiger partial charge in [0.15, 0.2) is 0 Å². The molecule has 1 rings (SSSR count). The Labute approximate surface area is 103 Å². The number of aliphatic hydroxyl groups is 1. The summed E-state index contributed by atoms with van der Waals surface area (Å²) in [5.74, 6) is -0.00308. The number of carbonyl (C=O) groups excluding carboxylic acids is 1. The van der Waals surface area contributed by atoms with Crippen LogP contribution in [0.15, 0.2) is 18.2 Å². The first kappa shape index (κ1) is 13.7. The Balaban J connectivity index is 2.84. The molecule has 94 valence electrons. The van der Waals surface area contributed by atoms with Crippen LogP contribution >= 0.6 is 0 Å². The second-order valence-electron chi connectivity index (χ2n) is 4.69. The molecule has 17 heavy (non-hydrogen) atoms. The molecule has 0 radical (unpaired) electrons. The van der Waals surface area contributed by atoms with E-state index in [-0.39, 0.29) is 24.5 Å². The van der Waals surface area contributed by atoms with E-state index in [0.717, 1.165) is 16.7 Å². The van der Waals surface area contributed by atoms with E-state index >= 15 is 0 Å². The Morgan fingerprint density at radius 3 is 2.29 bits per heavy atom. The fourth-order valence-corrected chi connectivity index (χ4v) is 1.75. The number of nitrogens with one attached hydrogen (secondary N) is 1. The van der Waals surface area contributed by atoms with Crippen molar-refractivity contribution in [3.63, 3.8) is 0 Å². The lowest BCUT2D eigenvalue weighted by molar-refractivity contribution is 0.0915. The molecule has 0 unspecified atom stereocenters. The van der Waals surface area contributed by atoms with E-state index in [0.29, 0.717) is 0 Å². The Hall–Kier alpha value is -1.35. The minimum absolute atomic E-state index is 0.0356. The normalized spacial score (nSPS) is 14.2. The van der Waals surface area contributed by atoms with E-state index in [1.54, 1.807) is 0 Å². The molecule has 0 aliphatic carbocycles. The zero-order valence-corrected chi connectivity index (χ0v) is 10.9. The summed E-state index contributed by atoms with van der Waals surface area (Å²) in [5, 5.41) is 12.0. The van der Waals surface area contributed by atoms with Crippen LogP contribution in [0.2, 0.25) is 0 Å². The predicted molar refractivity (Wildman–Crippen MR) is 69.1 cm³/mol. The average molecular weight is 235 g/mol. The van der Waals surface area contributed by atoms with Gasteiger partial charge >= 0.3 is 0 Å². The third-order valence-corrected chi connectivity index (χ3v) is 3.21. The lowest BCUT2D eigenvalue weighted by atomic mass is 10.0. The molecule has 1 aromatic rings. The molecule has 0 aliphatic rings. The molecule has 2 N–H and O–H groups in total. The second kappa shape index (κ2) is 5.82. The molecule has 2 atom stereocenters.